The van der Waals surface area contributed by atoms with Crippen LogP contribution in [0.25, 0.3) is 0 Å². The molecule has 1 aromatic carbocycles. The molecule has 1 saturated heterocycles. The van der Waals surface area contributed by atoms with Gasteiger partial charge in [0.05, 0.1) is 4.92 Å². The van der Waals surface area contributed by atoms with Gasteiger partial charge < -0.3 is 4.90 Å². The number of alkyl halides is 1. The molecule has 0 spiro atoms. The summed E-state index contributed by atoms with van der Waals surface area (Å²) in [5, 5.41) is 11.5. The molecular formula is C14H20BrN3O2. The smallest absolute Gasteiger partial charge is 0.273 e. The van der Waals surface area contributed by atoms with Crippen molar-refractivity contribution < 1.29 is 4.92 Å². The molecule has 0 amide bonds. The molecule has 6 heteroatoms. The van der Waals surface area contributed by atoms with Gasteiger partial charge in [-0.15, -0.1) is 0 Å². The number of hydrogen-bond acceptors (Lipinski definition) is 4. The standard InChI is InChI=1S/C14H20BrN3O2/c1-10-8-17(9-11(2)16(10)3)13-4-5-14(18(19)20)12(6-13)7-15/h4-6,10-11H,7-9H2,1-3H3. The third kappa shape index (κ3) is 2.96. The topological polar surface area (TPSA) is 49.6 Å². The third-order valence-electron chi connectivity index (χ3n) is 4.13. The van der Waals surface area contributed by atoms with E-state index in [4.69, 9.17) is 0 Å². The molecule has 2 atom stereocenters. The molecule has 1 fully saturated rings. The molecule has 20 heavy (non-hydrogen) atoms. The first-order valence-electron chi connectivity index (χ1n) is 6.74. The molecule has 1 heterocycles. The van der Waals surface area contributed by atoms with Crippen molar-refractivity contribution in [3.63, 3.8) is 0 Å². The highest BCUT2D eigenvalue weighted by Gasteiger charge is 2.27. The Labute approximate surface area is 127 Å². The van der Waals surface area contributed by atoms with E-state index < -0.39 is 0 Å². The zero-order chi connectivity index (χ0) is 14.9. The molecule has 1 aliphatic rings. The van der Waals surface area contributed by atoms with Crippen LogP contribution in [0.3, 0.4) is 0 Å². The lowest BCUT2D eigenvalue weighted by molar-refractivity contribution is -0.385. The summed E-state index contributed by atoms with van der Waals surface area (Å²) in [5.41, 5.74) is 1.98. The molecule has 0 bridgehead atoms. The Kier molecular flexibility index (Phi) is 4.65. The van der Waals surface area contributed by atoms with Gasteiger partial charge in [0.15, 0.2) is 0 Å². The second kappa shape index (κ2) is 6.10. The second-order valence-corrected chi connectivity index (χ2v) is 6.03. The predicted octanol–water partition coefficient (Wildman–Crippen LogP) is 3.02. The molecule has 0 saturated carbocycles. The summed E-state index contributed by atoms with van der Waals surface area (Å²) in [7, 11) is 2.15. The minimum atomic E-state index is -0.324. The van der Waals surface area contributed by atoms with Gasteiger partial charge in [0.25, 0.3) is 5.69 Å². The van der Waals surface area contributed by atoms with Gasteiger partial charge in [-0.05, 0) is 33.0 Å². The van der Waals surface area contributed by atoms with Crippen molar-refractivity contribution in [2.24, 2.45) is 0 Å². The summed E-state index contributed by atoms with van der Waals surface area (Å²) < 4.78 is 0. The molecular weight excluding hydrogens is 322 g/mol. The maximum Gasteiger partial charge on any atom is 0.273 e. The molecule has 0 radical (unpaired) electrons. The Morgan fingerprint density at radius 1 is 1.35 bits per heavy atom. The van der Waals surface area contributed by atoms with Crippen LogP contribution in [0.15, 0.2) is 18.2 Å². The fourth-order valence-corrected chi connectivity index (χ4v) is 3.12. The van der Waals surface area contributed by atoms with Gasteiger partial charge in [-0.1, -0.05) is 15.9 Å². The number of likely N-dealkylation sites (N-methyl/N-ethyl adjacent to an activating group) is 1. The second-order valence-electron chi connectivity index (χ2n) is 5.47. The molecule has 1 aliphatic heterocycles. The van der Waals surface area contributed by atoms with E-state index in [2.05, 4.69) is 46.6 Å². The van der Waals surface area contributed by atoms with E-state index in [1.165, 1.54) is 0 Å². The van der Waals surface area contributed by atoms with Crippen molar-refractivity contribution in [2.75, 3.05) is 25.0 Å². The van der Waals surface area contributed by atoms with E-state index in [-0.39, 0.29) is 10.6 Å². The number of anilines is 1. The number of nitro groups is 1. The largest absolute Gasteiger partial charge is 0.368 e. The van der Waals surface area contributed by atoms with Crippen molar-refractivity contribution in [2.45, 2.75) is 31.3 Å². The quantitative estimate of drug-likeness (QED) is 0.481. The number of nitro benzene ring substituents is 1. The van der Waals surface area contributed by atoms with Crippen molar-refractivity contribution >= 4 is 27.3 Å². The van der Waals surface area contributed by atoms with Gasteiger partial charge in [0.1, 0.15) is 0 Å². The maximum absolute atomic E-state index is 11.0. The highest BCUT2D eigenvalue weighted by Crippen LogP contribution is 2.28. The number of benzene rings is 1. The minimum Gasteiger partial charge on any atom is -0.368 e. The molecule has 110 valence electrons. The molecule has 5 nitrogen and oxygen atoms in total. The first-order valence-corrected chi connectivity index (χ1v) is 7.86. The number of rotatable bonds is 3. The van der Waals surface area contributed by atoms with Gasteiger partial charge in [0, 0.05) is 47.8 Å². The predicted molar refractivity (Wildman–Crippen MR) is 84.6 cm³/mol. The number of nitrogens with zero attached hydrogens (tertiary/aromatic N) is 3. The maximum atomic E-state index is 11.0. The Balaban J connectivity index is 2.27. The lowest BCUT2D eigenvalue weighted by Gasteiger charge is -2.43. The number of piperazine rings is 1. The normalized spacial score (nSPS) is 23.9. The SMILES string of the molecule is CC1CN(c2ccc([N+](=O)[O-])c(CBr)c2)CC(C)N1C. The van der Waals surface area contributed by atoms with Gasteiger partial charge in [-0.3, -0.25) is 15.0 Å². The summed E-state index contributed by atoms with van der Waals surface area (Å²) in [5.74, 6) is 0. The summed E-state index contributed by atoms with van der Waals surface area (Å²) in [6, 6.07) is 6.34. The summed E-state index contributed by atoms with van der Waals surface area (Å²) in [6.45, 7) is 6.31. The van der Waals surface area contributed by atoms with Crippen LogP contribution < -0.4 is 4.90 Å². The van der Waals surface area contributed by atoms with Crippen molar-refractivity contribution in [3.05, 3.63) is 33.9 Å². The van der Waals surface area contributed by atoms with Gasteiger partial charge in [-0.2, -0.15) is 0 Å². The van der Waals surface area contributed by atoms with Crippen LogP contribution in [0, 0.1) is 10.1 Å². The fraction of sp³-hybridized carbons (Fsp3) is 0.571. The van der Waals surface area contributed by atoms with Crippen LogP contribution >= 0.6 is 15.9 Å². The van der Waals surface area contributed by atoms with E-state index in [1.807, 2.05) is 12.1 Å². The monoisotopic (exact) mass is 341 g/mol. The lowest BCUT2D eigenvalue weighted by Crippen LogP contribution is -2.55. The molecule has 0 aromatic heterocycles. The zero-order valence-corrected chi connectivity index (χ0v) is 13.6. The van der Waals surface area contributed by atoms with Crippen LogP contribution in [-0.2, 0) is 5.33 Å². The Morgan fingerprint density at radius 3 is 2.45 bits per heavy atom. The van der Waals surface area contributed by atoms with E-state index >= 15 is 0 Å². The molecule has 2 rings (SSSR count). The molecule has 0 N–H and O–H groups in total. The first kappa shape index (κ1) is 15.3. The highest BCUT2D eigenvalue weighted by atomic mass is 79.9. The van der Waals surface area contributed by atoms with E-state index in [0.717, 1.165) is 24.3 Å². The Morgan fingerprint density at radius 2 is 1.95 bits per heavy atom. The van der Waals surface area contributed by atoms with Crippen molar-refractivity contribution in [3.8, 4) is 0 Å². The van der Waals surface area contributed by atoms with Gasteiger partial charge >= 0.3 is 0 Å². The van der Waals surface area contributed by atoms with E-state index in [0.29, 0.717) is 17.4 Å². The Bertz CT molecular complexity index is 497. The average Bonchev–Trinajstić information content (AvgIpc) is 2.43. The van der Waals surface area contributed by atoms with Crippen LogP contribution in [0.2, 0.25) is 0 Å². The summed E-state index contributed by atoms with van der Waals surface area (Å²) >= 11 is 3.34. The summed E-state index contributed by atoms with van der Waals surface area (Å²) in [6.07, 6.45) is 0. The van der Waals surface area contributed by atoms with Crippen LogP contribution in [-0.4, -0.2) is 42.0 Å². The number of halogens is 1. The van der Waals surface area contributed by atoms with E-state index in [9.17, 15) is 10.1 Å². The zero-order valence-electron chi connectivity index (χ0n) is 12.0. The van der Waals surface area contributed by atoms with Crippen LogP contribution in [0.1, 0.15) is 19.4 Å². The van der Waals surface area contributed by atoms with Crippen molar-refractivity contribution in [1.82, 2.24) is 4.90 Å². The average molecular weight is 342 g/mol. The van der Waals surface area contributed by atoms with E-state index in [1.54, 1.807) is 6.07 Å². The third-order valence-corrected chi connectivity index (χ3v) is 4.73. The fourth-order valence-electron chi connectivity index (χ4n) is 2.67. The highest BCUT2D eigenvalue weighted by molar-refractivity contribution is 9.08. The van der Waals surface area contributed by atoms with Crippen LogP contribution in [0.4, 0.5) is 11.4 Å². The Hall–Kier alpha value is -1.14. The van der Waals surface area contributed by atoms with Gasteiger partial charge in [-0.25, -0.2) is 0 Å². The summed E-state index contributed by atoms with van der Waals surface area (Å²) in [4.78, 5) is 15.3. The number of hydrogen-bond donors (Lipinski definition) is 0. The first-order chi connectivity index (χ1) is 9.43. The van der Waals surface area contributed by atoms with Crippen LogP contribution in [0.5, 0.6) is 0 Å². The molecule has 1 aromatic rings. The van der Waals surface area contributed by atoms with Crippen molar-refractivity contribution in [1.29, 1.82) is 0 Å². The lowest BCUT2D eigenvalue weighted by atomic mass is 10.1. The molecule has 2 unspecified atom stereocenters. The molecule has 0 aliphatic carbocycles. The minimum absolute atomic E-state index is 0.181. The van der Waals surface area contributed by atoms with Gasteiger partial charge in [0.2, 0.25) is 0 Å².